The maximum absolute atomic E-state index is 5.40. The van der Waals surface area contributed by atoms with E-state index in [9.17, 15) is 0 Å². The summed E-state index contributed by atoms with van der Waals surface area (Å²) in [6.07, 6.45) is 2.82. The highest BCUT2D eigenvalue weighted by Crippen LogP contribution is 2.47. The first kappa shape index (κ1) is 8.75. The Morgan fingerprint density at radius 2 is 2.46 bits per heavy atom. The fourth-order valence-electron chi connectivity index (χ4n) is 1.64. The zero-order valence-corrected chi connectivity index (χ0v) is 8.21. The van der Waals surface area contributed by atoms with E-state index >= 15 is 0 Å². The molecule has 2 rings (SSSR count). The molecule has 1 saturated carbocycles. The van der Waals surface area contributed by atoms with Crippen molar-refractivity contribution in [3.8, 4) is 0 Å². The summed E-state index contributed by atoms with van der Waals surface area (Å²) >= 11 is 0. The summed E-state index contributed by atoms with van der Waals surface area (Å²) in [5.41, 5.74) is 1.09. The molecule has 3 heteroatoms. The Balaban J connectivity index is 2.03. The number of oxazole rings is 1. The summed E-state index contributed by atoms with van der Waals surface area (Å²) in [6.45, 7) is 6.17. The summed E-state index contributed by atoms with van der Waals surface area (Å²) in [5, 5.41) is 3.27. The largest absolute Gasteiger partial charge is 0.448 e. The normalized spacial score (nSPS) is 26.3. The van der Waals surface area contributed by atoms with Gasteiger partial charge in [0.1, 0.15) is 5.76 Å². The lowest BCUT2D eigenvalue weighted by Gasteiger charge is -1.99. The van der Waals surface area contributed by atoms with Crippen LogP contribution in [0.15, 0.2) is 10.8 Å². The van der Waals surface area contributed by atoms with E-state index < -0.39 is 0 Å². The van der Waals surface area contributed by atoms with Gasteiger partial charge in [-0.15, -0.1) is 0 Å². The average Bonchev–Trinajstić information content (AvgIpc) is 2.66. The molecule has 2 unspecified atom stereocenters. The van der Waals surface area contributed by atoms with Gasteiger partial charge < -0.3 is 9.73 Å². The molecule has 1 aliphatic carbocycles. The summed E-state index contributed by atoms with van der Waals surface area (Å²) in [6, 6.07) is 0. The van der Waals surface area contributed by atoms with Crippen molar-refractivity contribution in [2.24, 2.45) is 5.92 Å². The first-order valence-electron chi connectivity index (χ1n) is 4.96. The van der Waals surface area contributed by atoms with Crippen LogP contribution in [0.4, 0.5) is 0 Å². The predicted molar refractivity (Wildman–Crippen MR) is 50.4 cm³/mol. The van der Waals surface area contributed by atoms with E-state index in [0.717, 1.165) is 30.5 Å². The van der Waals surface area contributed by atoms with E-state index in [1.165, 1.54) is 6.42 Å². The second-order valence-electron chi connectivity index (χ2n) is 3.76. The highest BCUT2D eigenvalue weighted by Gasteiger charge is 2.38. The number of hydrogen-bond donors (Lipinski definition) is 1. The molecule has 0 saturated heterocycles. The summed E-state index contributed by atoms with van der Waals surface area (Å²) in [5.74, 6) is 2.53. The van der Waals surface area contributed by atoms with E-state index in [0.29, 0.717) is 5.92 Å². The number of nitrogens with one attached hydrogen (secondary N) is 1. The van der Waals surface area contributed by atoms with Crippen LogP contribution in [0.2, 0.25) is 0 Å². The maximum Gasteiger partial charge on any atom is 0.181 e. The van der Waals surface area contributed by atoms with Crippen molar-refractivity contribution in [2.75, 3.05) is 6.54 Å². The Morgan fingerprint density at radius 3 is 3.08 bits per heavy atom. The fraction of sp³-hybridized carbons (Fsp3) is 0.700. The smallest absolute Gasteiger partial charge is 0.181 e. The van der Waals surface area contributed by atoms with Gasteiger partial charge in [-0.1, -0.05) is 13.8 Å². The third kappa shape index (κ3) is 1.75. The van der Waals surface area contributed by atoms with Crippen molar-refractivity contribution in [1.29, 1.82) is 0 Å². The van der Waals surface area contributed by atoms with Crippen molar-refractivity contribution in [3.63, 3.8) is 0 Å². The van der Waals surface area contributed by atoms with Gasteiger partial charge in [0.15, 0.2) is 6.39 Å². The van der Waals surface area contributed by atoms with Crippen molar-refractivity contribution < 1.29 is 4.42 Å². The Kier molecular flexibility index (Phi) is 2.36. The Labute approximate surface area is 78.5 Å². The number of aromatic nitrogens is 1. The van der Waals surface area contributed by atoms with Crippen LogP contribution in [-0.4, -0.2) is 11.5 Å². The van der Waals surface area contributed by atoms with Crippen LogP contribution in [0.5, 0.6) is 0 Å². The zero-order valence-electron chi connectivity index (χ0n) is 8.21. The standard InChI is InChI=1S/C10H16N2O/c1-3-11-5-9-10(13-6-12-9)8-4-7(8)2/h6-8,11H,3-5H2,1-2H3. The van der Waals surface area contributed by atoms with Gasteiger partial charge in [0.05, 0.1) is 5.69 Å². The second kappa shape index (κ2) is 3.50. The minimum Gasteiger partial charge on any atom is -0.448 e. The van der Waals surface area contributed by atoms with Crippen LogP contribution in [0, 0.1) is 5.92 Å². The first-order valence-corrected chi connectivity index (χ1v) is 4.96. The quantitative estimate of drug-likeness (QED) is 0.769. The monoisotopic (exact) mass is 180 g/mol. The molecular formula is C10H16N2O. The van der Waals surface area contributed by atoms with Crippen molar-refractivity contribution >= 4 is 0 Å². The van der Waals surface area contributed by atoms with E-state index in [4.69, 9.17) is 4.42 Å². The lowest BCUT2D eigenvalue weighted by molar-refractivity contribution is 0.495. The lowest BCUT2D eigenvalue weighted by atomic mass is 10.2. The van der Waals surface area contributed by atoms with E-state index in [1.807, 2.05) is 0 Å². The molecule has 0 radical (unpaired) electrons. The Hall–Kier alpha value is -0.830. The summed E-state index contributed by atoms with van der Waals surface area (Å²) in [7, 11) is 0. The maximum atomic E-state index is 5.40. The Bertz CT molecular complexity index is 282. The van der Waals surface area contributed by atoms with Gasteiger partial charge in [-0.3, -0.25) is 0 Å². The van der Waals surface area contributed by atoms with Gasteiger partial charge in [0.2, 0.25) is 0 Å². The second-order valence-corrected chi connectivity index (χ2v) is 3.76. The molecule has 0 aromatic carbocycles. The highest BCUT2D eigenvalue weighted by atomic mass is 16.3. The van der Waals surface area contributed by atoms with Gasteiger partial charge >= 0.3 is 0 Å². The molecule has 1 N–H and O–H groups in total. The molecule has 0 spiro atoms. The van der Waals surface area contributed by atoms with Gasteiger partial charge in [-0.25, -0.2) is 4.98 Å². The van der Waals surface area contributed by atoms with Crippen LogP contribution in [0.25, 0.3) is 0 Å². The van der Waals surface area contributed by atoms with Crippen molar-refractivity contribution in [2.45, 2.75) is 32.7 Å². The van der Waals surface area contributed by atoms with Gasteiger partial charge in [0.25, 0.3) is 0 Å². The average molecular weight is 180 g/mol. The van der Waals surface area contributed by atoms with E-state index in [1.54, 1.807) is 6.39 Å². The van der Waals surface area contributed by atoms with Crippen LogP contribution in [0.3, 0.4) is 0 Å². The molecule has 13 heavy (non-hydrogen) atoms. The summed E-state index contributed by atoms with van der Waals surface area (Å²) < 4.78 is 5.40. The first-order chi connectivity index (χ1) is 6.33. The molecule has 0 amide bonds. The molecular weight excluding hydrogens is 164 g/mol. The molecule has 1 aromatic rings. The molecule has 1 fully saturated rings. The van der Waals surface area contributed by atoms with Crippen LogP contribution in [0.1, 0.15) is 37.6 Å². The lowest BCUT2D eigenvalue weighted by Crippen LogP contribution is -2.13. The van der Waals surface area contributed by atoms with Gasteiger partial charge in [0, 0.05) is 12.5 Å². The number of nitrogens with zero attached hydrogens (tertiary/aromatic N) is 1. The van der Waals surface area contributed by atoms with Crippen LogP contribution < -0.4 is 5.32 Å². The molecule has 1 heterocycles. The highest BCUT2D eigenvalue weighted by molar-refractivity contribution is 5.19. The summed E-state index contributed by atoms with van der Waals surface area (Å²) in [4.78, 5) is 4.22. The fourth-order valence-corrected chi connectivity index (χ4v) is 1.64. The molecule has 0 bridgehead atoms. The predicted octanol–water partition coefficient (Wildman–Crippen LogP) is 1.91. The van der Waals surface area contributed by atoms with Gasteiger partial charge in [-0.05, 0) is 18.9 Å². The number of hydrogen-bond acceptors (Lipinski definition) is 3. The van der Waals surface area contributed by atoms with E-state index in [-0.39, 0.29) is 0 Å². The topological polar surface area (TPSA) is 38.1 Å². The SMILES string of the molecule is CCNCc1ncoc1C1CC1C. The third-order valence-corrected chi connectivity index (χ3v) is 2.66. The third-order valence-electron chi connectivity index (χ3n) is 2.66. The Morgan fingerprint density at radius 1 is 1.69 bits per heavy atom. The van der Waals surface area contributed by atoms with Crippen LogP contribution in [-0.2, 0) is 6.54 Å². The van der Waals surface area contributed by atoms with Gasteiger partial charge in [-0.2, -0.15) is 0 Å². The molecule has 1 aliphatic rings. The minimum atomic E-state index is 0.635. The molecule has 0 aliphatic heterocycles. The molecule has 72 valence electrons. The number of rotatable bonds is 4. The van der Waals surface area contributed by atoms with E-state index in [2.05, 4.69) is 24.1 Å². The van der Waals surface area contributed by atoms with Crippen molar-refractivity contribution in [1.82, 2.24) is 10.3 Å². The molecule has 1 aromatic heterocycles. The van der Waals surface area contributed by atoms with Crippen molar-refractivity contribution in [3.05, 3.63) is 17.8 Å². The minimum absolute atomic E-state index is 0.635. The zero-order chi connectivity index (χ0) is 9.26. The molecule has 2 atom stereocenters. The molecule has 3 nitrogen and oxygen atoms in total. The van der Waals surface area contributed by atoms with Crippen LogP contribution >= 0.6 is 0 Å².